The summed E-state index contributed by atoms with van der Waals surface area (Å²) in [5, 5.41) is 0.678. The van der Waals surface area contributed by atoms with Crippen LogP contribution >= 0.6 is 11.6 Å². The Kier molecular flexibility index (Phi) is 4.12. The molecule has 0 saturated heterocycles. The van der Waals surface area contributed by atoms with Crippen LogP contribution in [0.5, 0.6) is 5.75 Å². The summed E-state index contributed by atoms with van der Waals surface area (Å²) in [6.45, 7) is 2.77. The molecule has 0 bridgehead atoms. The molecule has 0 atom stereocenters. The predicted octanol–water partition coefficient (Wildman–Crippen LogP) is 2.47. The summed E-state index contributed by atoms with van der Waals surface area (Å²) in [6, 6.07) is 8.46. The van der Waals surface area contributed by atoms with Crippen LogP contribution in [0.1, 0.15) is 5.56 Å². The van der Waals surface area contributed by atoms with Crippen molar-refractivity contribution < 1.29 is 4.74 Å². The van der Waals surface area contributed by atoms with Gasteiger partial charge >= 0.3 is 0 Å². The molecular formula is C14H15ClN2O2. The summed E-state index contributed by atoms with van der Waals surface area (Å²) < 4.78 is 7.16. The van der Waals surface area contributed by atoms with Crippen LogP contribution in [-0.2, 0) is 6.54 Å². The molecule has 0 saturated carbocycles. The molecule has 0 fully saturated rings. The highest BCUT2D eigenvalue weighted by atomic mass is 35.5. The number of pyridine rings is 1. The number of hydrogen-bond donors (Lipinski definition) is 1. The van der Waals surface area contributed by atoms with Gasteiger partial charge in [-0.15, -0.1) is 0 Å². The zero-order chi connectivity index (χ0) is 13.8. The third kappa shape index (κ3) is 3.51. The number of benzene rings is 1. The maximum absolute atomic E-state index is 11.6. The first kappa shape index (κ1) is 13.5. The van der Waals surface area contributed by atoms with E-state index >= 15 is 0 Å². The van der Waals surface area contributed by atoms with Gasteiger partial charge in [-0.1, -0.05) is 11.6 Å². The summed E-state index contributed by atoms with van der Waals surface area (Å²) in [5.41, 5.74) is 7.07. The molecule has 2 rings (SSSR count). The number of anilines is 1. The smallest absolute Gasteiger partial charge is 0.250 e. The second kappa shape index (κ2) is 5.80. The van der Waals surface area contributed by atoms with Crippen molar-refractivity contribution in [3.8, 4) is 5.75 Å². The van der Waals surface area contributed by atoms with E-state index in [2.05, 4.69) is 0 Å². The molecule has 4 nitrogen and oxygen atoms in total. The Bertz CT molecular complexity index is 638. The van der Waals surface area contributed by atoms with E-state index < -0.39 is 0 Å². The fraction of sp³-hybridized carbons (Fsp3) is 0.214. The van der Waals surface area contributed by atoms with Crippen LogP contribution in [0.3, 0.4) is 0 Å². The molecule has 1 heterocycles. The van der Waals surface area contributed by atoms with E-state index in [9.17, 15) is 4.79 Å². The van der Waals surface area contributed by atoms with Crippen LogP contribution in [0.2, 0.25) is 5.02 Å². The highest BCUT2D eigenvalue weighted by Gasteiger charge is 2.01. The second-order valence-electron chi connectivity index (χ2n) is 4.25. The molecule has 0 aliphatic rings. The van der Waals surface area contributed by atoms with Gasteiger partial charge in [-0.05, 0) is 36.8 Å². The predicted molar refractivity (Wildman–Crippen MR) is 76.8 cm³/mol. The number of nitrogens with two attached hydrogens (primary N) is 1. The molecular weight excluding hydrogens is 264 g/mol. The standard InChI is InChI=1S/C14H15ClN2O2/c1-10-8-11(15)2-4-13(10)19-7-6-17-9-12(16)3-5-14(17)18/h2-5,8-9H,6-7,16H2,1H3. The SMILES string of the molecule is Cc1cc(Cl)ccc1OCCn1cc(N)ccc1=O. The second-order valence-corrected chi connectivity index (χ2v) is 4.69. The van der Waals surface area contributed by atoms with Crippen LogP contribution in [0, 0.1) is 6.92 Å². The van der Waals surface area contributed by atoms with Gasteiger partial charge in [0.25, 0.3) is 5.56 Å². The summed E-state index contributed by atoms with van der Waals surface area (Å²) in [4.78, 5) is 11.6. The van der Waals surface area contributed by atoms with Crippen molar-refractivity contribution in [1.29, 1.82) is 0 Å². The summed E-state index contributed by atoms with van der Waals surface area (Å²) >= 11 is 5.87. The van der Waals surface area contributed by atoms with Gasteiger partial charge in [0, 0.05) is 23.0 Å². The number of hydrogen-bond acceptors (Lipinski definition) is 3. The molecule has 1 aromatic heterocycles. The summed E-state index contributed by atoms with van der Waals surface area (Å²) in [5.74, 6) is 0.765. The zero-order valence-corrected chi connectivity index (χ0v) is 11.4. The fourth-order valence-electron chi connectivity index (χ4n) is 1.75. The van der Waals surface area contributed by atoms with Gasteiger partial charge in [0.2, 0.25) is 0 Å². The number of aryl methyl sites for hydroxylation is 1. The topological polar surface area (TPSA) is 57.2 Å². The monoisotopic (exact) mass is 278 g/mol. The first-order valence-corrected chi connectivity index (χ1v) is 6.29. The summed E-state index contributed by atoms with van der Waals surface area (Å²) in [7, 11) is 0. The summed E-state index contributed by atoms with van der Waals surface area (Å²) in [6.07, 6.45) is 1.61. The minimum atomic E-state index is -0.0920. The van der Waals surface area contributed by atoms with Gasteiger partial charge in [0.1, 0.15) is 12.4 Å². The van der Waals surface area contributed by atoms with Crippen LogP contribution in [0.15, 0.2) is 41.3 Å². The van der Waals surface area contributed by atoms with Gasteiger partial charge < -0.3 is 15.0 Å². The Balaban J connectivity index is 2.00. The number of nitrogen functional groups attached to an aromatic ring is 1. The molecule has 19 heavy (non-hydrogen) atoms. The van der Waals surface area contributed by atoms with Gasteiger partial charge in [0.05, 0.1) is 6.54 Å². The number of halogens is 1. The Morgan fingerprint density at radius 1 is 1.32 bits per heavy atom. The first-order valence-electron chi connectivity index (χ1n) is 5.91. The maximum atomic E-state index is 11.6. The van der Waals surface area contributed by atoms with Crippen molar-refractivity contribution in [2.45, 2.75) is 13.5 Å². The normalized spacial score (nSPS) is 10.4. The van der Waals surface area contributed by atoms with E-state index in [4.69, 9.17) is 22.1 Å². The van der Waals surface area contributed by atoms with E-state index in [0.29, 0.717) is 23.9 Å². The maximum Gasteiger partial charge on any atom is 0.250 e. The third-order valence-electron chi connectivity index (χ3n) is 2.73. The molecule has 5 heteroatoms. The van der Waals surface area contributed by atoms with Crippen LogP contribution in [-0.4, -0.2) is 11.2 Å². The Hall–Kier alpha value is -1.94. The highest BCUT2D eigenvalue weighted by molar-refractivity contribution is 6.30. The minimum Gasteiger partial charge on any atom is -0.491 e. The fourth-order valence-corrected chi connectivity index (χ4v) is 1.98. The van der Waals surface area contributed by atoms with Crippen molar-refractivity contribution >= 4 is 17.3 Å². The van der Waals surface area contributed by atoms with E-state index in [-0.39, 0.29) is 5.56 Å². The van der Waals surface area contributed by atoms with Crippen molar-refractivity contribution in [2.24, 2.45) is 0 Å². The van der Waals surface area contributed by atoms with Gasteiger partial charge in [-0.3, -0.25) is 4.79 Å². The third-order valence-corrected chi connectivity index (χ3v) is 2.97. The quantitative estimate of drug-likeness (QED) is 0.935. The molecule has 100 valence electrons. The van der Waals surface area contributed by atoms with Gasteiger partial charge in [-0.25, -0.2) is 0 Å². The Morgan fingerprint density at radius 3 is 2.84 bits per heavy atom. The molecule has 0 spiro atoms. The average molecular weight is 279 g/mol. The van der Waals surface area contributed by atoms with Crippen LogP contribution < -0.4 is 16.0 Å². The lowest BCUT2D eigenvalue weighted by atomic mass is 10.2. The van der Waals surface area contributed by atoms with E-state index in [1.54, 1.807) is 18.3 Å². The molecule has 2 aromatic rings. The van der Waals surface area contributed by atoms with Crippen molar-refractivity contribution in [3.63, 3.8) is 0 Å². The Labute approximate surface area is 116 Å². The molecule has 0 unspecified atom stereocenters. The number of ether oxygens (including phenoxy) is 1. The van der Waals surface area contributed by atoms with E-state index in [1.165, 1.54) is 10.6 Å². The number of nitrogens with zero attached hydrogens (tertiary/aromatic N) is 1. The van der Waals surface area contributed by atoms with Crippen molar-refractivity contribution in [2.75, 3.05) is 12.3 Å². The average Bonchev–Trinajstić information content (AvgIpc) is 2.36. The van der Waals surface area contributed by atoms with Gasteiger partial charge in [-0.2, -0.15) is 0 Å². The molecule has 2 N–H and O–H groups in total. The van der Waals surface area contributed by atoms with E-state index in [0.717, 1.165) is 11.3 Å². The lowest BCUT2D eigenvalue weighted by Gasteiger charge is -2.10. The first-order chi connectivity index (χ1) is 9.06. The van der Waals surface area contributed by atoms with Crippen molar-refractivity contribution in [1.82, 2.24) is 4.57 Å². The molecule has 0 aliphatic heterocycles. The molecule has 0 amide bonds. The lowest BCUT2D eigenvalue weighted by Crippen LogP contribution is -2.22. The van der Waals surface area contributed by atoms with Crippen LogP contribution in [0.25, 0.3) is 0 Å². The number of aromatic nitrogens is 1. The number of rotatable bonds is 4. The molecule has 0 radical (unpaired) electrons. The highest BCUT2D eigenvalue weighted by Crippen LogP contribution is 2.21. The molecule has 1 aromatic carbocycles. The minimum absolute atomic E-state index is 0.0920. The van der Waals surface area contributed by atoms with Gasteiger partial charge in [0.15, 0.2) is 0 Å². The van der Waals surface area contributed by atoms with Crippen molar-refractivity contribution in [3.05, 3.63) is 57.5 Å². The Morgan fingerprint density at radius 2 is 2.11 bits per heavy atom. The van der Waals surface area contributed by atoms with E-state index in [1.807, 2.05) is 19.1 Å². The van der Waals surface area contributed by atoms with Crippen LogP contribution in [0.4, 0.5) is 5.69 Å². The largest absolute Gasteiger partial charge is 0.491 e. The lowest BCUT2D eigenvalue weighted by molar-refractivity contribution is 0.294. The molecule has 0 aliphatic carbocycles. The zero-order valence-electron chi connectivity index (χ0n) is 10.6.